The maximum atomic E-state index is 6.25. The topological polar surface area (TPSA) is 18.5 Å². The van der Waals surface area contributed by atoms with Gasteiger partial charge in [-0.05, 0) is 18.4 Å². The van der Waals surface area contributed by atoms with Gasteiger partial charge in [0.25, 0.3) is 0 Å². The standard InChI is InChI=1S/C20H26O2/c1-3-15-21-20(22-16-4-2,19-13-9-6-10-14-19)17-18-11-7-5-8-12-18/h5-14H,3-4,15-17H2,1-2H3. The van der Waals surface area contributed by atoms with E-state index in [0.29, 0.717) is 13.2 Å². The Morgan fingerprint density at radius 3 is 1.73 bits per heavy atom. The second-order valence-electron chi connectivity index (χ2n) is 5.48. The number of rotatable bonds is 9. The van der Waals surface area contributed by atoms with Crippen molar-refractivity contribution in [1.29, 1.82) is 0 Å². The van der Waals surface area contributed by atoms with Crippen molar-refractivity contribution >= 4 is 0 Å². The Morgan fingerprint density at radius 1 is 0.727 bits per heavy atom. The van der Waals surface area contributed by atoms with Crippen LogP contribution in [0.15, 0.2) is 60.7 Å². The first-order valence-electron chi connectivity index (χ1n) is 8.18. The highest BCUT2D eigenvalue weighted by Crippen LogP contribution is 2.32. The number of ether oxygens (including phenoxy) is 2. The Balaban J connectivity index is 2.34. The van der Waals surface area contributed by atoms with Crippen molar-refractivity contribution in [2.24, 2.45) is 0 Å². The lowest BCUT2D eigenvalue weighted by molar-refractivity contribution is -0.246. The molecular formula is C20H26O2. The zero-order chi connectivity index (χ0) is 15.7. The highest BCUT2D eigenvalue weighted by molar-refractivity contribution is 5.25. The van der Waals surface area contributed by atoms with Crippen molar-refractivity contribution in [3.05, 3.63) is 71.8 Å². The van der Waals surface area contributed by atoms with Gasteiger partial charge in [0.1, 0.15) is 0 Å². The first-order chi connectivity index (χ1) is 10.8. The molecule has 2 rings (SSSR count). The van der Waals surface area contributed by atoms with Crippen LogP contribution in [0.1, 0.15) is 37.8 Å². The second kappa shape index (κ2) is 8.72. The molecule has 0 heterocycles. The van der Waals surface area contributed by atoms with Crippen LogP contribution in [0.4, 0.5) is 0 Å². The Hall–Kier alpha value is -1.64. The van der Waals surface area contributed by atoms with Gasteiger partial charge in [0, 0.05) is 12.0 Å². The van der Waals surface area contributed by atoms with E-state index in [1.807, 2.05) is 24.3 Å². The van der Waals surface area contributed by atoms with Gasteiger partial charge in [-0.3, -0.25) is 0 Å². The minimum absolute atomic E-state index is 0.686. The lowest BCUT2D eigenvalue weighted by atomic mass is 9.97. The van der Waals surface area contributed by atoms with E-state index in [4.69, 9.17) is 9.47 Å². The summed E-state index contributed by atoms with van der Waals surface area (Å²) in [5.41, 5.74) is 2.30. The molecule has 0 fully saturated rings. The molecule has 0 amide bonds. The Labute approximate surface area is 134 Å². The van der Waals surface area contributed by atoms with E-state index in [1.54, 1.807) is 0 Å². The fourth-order valence-electron chi connectivity index (χ4n) is 2.50. The van der Waals surface area contributed by atoms with Crippen LogP contribution in [0, 0.1) is 0 Å². The van der Waals surface area contributed by atoms with Gasteiger partial charge in [0.15, 0.2) is 5.79 Å². The molecule has 0 aliphatic carbocycles. The molecule has 2 heteroatoms. The van der Waals surface area contributed by atoms with Gasteiger partial charge in [0.2, 0.25) is 0 Å². The summed E-state index contributed by atoms with van der Waals surface area (Å²) in [6.45, 7) is 5.62. The maximum Gasteiger partial charge on any atom is 0.198 e. The van der Waals surface area contributed by atoms with E-state index in [-0.39, 0.29) is 0 Å². The zero-order valence-electron chi connectivity index (χ0n) is 13.6. The predicted molar refractivity (Wildman–Crippen MR) is 90.8 cm³/mol. The molecule has 0 spiro atoms. The molecule has 2 nitrogen and oxygen atoms in total. The van der Waals surface area contributed by atoms with Gasteiger partial charge in [-0.2, -0.15) is 0 Å². The third kappa shape index (κ3) is 4.43. The van der Waals surface area contributed by atoms with Gasteiger partial charge >= 0.3 is 0 Å². The van der Waals surface area contributed by atoms with Crippen molar-refractivity contribution < 1.29 is 9.47 Å². The summed E-state index contributed by atoms with van der Waals surface area (Å²) in [6, 6.07) is 20.7. The molecule has 0 unspecified atom stereocenters. The largest absolute Gasteiger partial charge is 0.346 e. The van der Waals surface area contributed by atoms with Crippen LogP contribution in [-0.2, 0) is 21.7 Å². The quantitative estimate of drug-likeness (QED) is 0.611. The molecule has 0 aliphatic rings. The highest BCUT2D eigenvalue weighted by Gasteiger charge is 2.34. The molecule has 118 valence electrons. The van der Waals surface area contributed by atoms with Crippen LogP contribution >= 0.6 is 0 Å². The van der Waals surface area contributed by atoms with Gasteiger partial charge in [0.05, 0.1) is 13.2 Å². The van der Waals surface area contributed by atoms with Crippen LogP contribution in [0.2, 0.25) is 0 Å². The molecule has 0 bridgehead atoms. The van der Waals surface area contributed by atoms with Crippen LogP contribution in [-0.4, -0.2) is 13.2 Å². The van der Waals surface area contributed by atoms with Crippen LogP contribution in [0.25, 0.3) is 0 Å². The maximum absolute atomic E-state index is 6.25. The highest BCUT2D eigenvalue weighted by atomic mass is 16.7. The monoisotopic (exact) mass is 298 g/mol. The first-order valence-corrected chi connectivity index (χ1v) is 8.18. The van der Waals surface area contributed by atoms with E-state index in [0.717, 1.165) is 24.8 Å². The summed E-state index contributed by atoms with van der Waals surface area (Å²) >= 11 is 0. The van der Waals surface area contributed by atoms with Crippen molar-refractivity contribution in [2.45, 2.75) is 38.9 Å². The third-order valence-electron chi connectivity index (χ3n) is 3.57. The lowest BCUT2D eigenvalue weighted by Crippen LogP contribution is -2.36. The van der Waals surface area contributed by atoms with Crippen molar-refractivity contribution in [3.63, 3.8) is 0 Å². The van der Waals surface area contributed by atoms with Gasteiger partial charge in [-0.25, -0.2) is 0 Å². The summed E-state index contributed by atoms with van der Waals surface area (Å²) in [6.07, 6.45) is 2.66. The summed E-state index contributed by atoms with van der Waals surface area (Å²) in [4.78, 5) is 0. The second-order valence-corrected chi connectivity index (χ2v) is 5.48. The first kappa shape index (κ1) is 16.7. The summed E-state index contributed by atoms with van der Waals surface area (Å²) < 4.78 is 12.5. The normalized spacial score (nSPS) is 11.5. The fraction of sp³-hybridized carbons (Fsp3) is 0.400. The molecule has 0 aromatic heterocycles. The van der Waals surface area contributed by atoms with Crippen LogP contribution in [0.3, 0.4) is 0 Å². The summed E-state index contributed by atoms with van der Waals surface area (Å²) in [5.74, 6) is -0.700. The Kier molecular flexibility index (Phi) is 6.63. The SMILES string of the molecule is CCCOC(Cc1ccccc1)(OCCC)c1ccccc1. The fourth-order valence-corrected chi connectivity index (χ4v) is 2.50. The number of benzene rings is 2. The minimum atomic E-state index is -0.700. The molecule has 0 aliphatic heterocycles. The smallest absolute Gasteiger partial charge is 0.198 e. The predicted octanol–water partition coefficient (Wildman–Crippen LogP) is 4.94. The van der Waals surface area contributed by atoms with Gasteiger partial charge < -0.3 is 9.47 Å². The summed E-state index contributed by atoms with van der Waals surface area (Å²) in [7, 11) is 0. The third-order valence-corrected chi connectivity index (χ3v) is 3.57. The molecule has 0 radical (unpaired) electrons. The zero-order valence-corrected chi connectivity index (χ0v) is 13.6. The Morgan fingerprint density at radius 2 is 1.23 bits per heavy atom. The number of hydrogen-bond donors (Lipinski definition) is 0. The van der Waals surface area contributed by atoms with Crippen molar-refractivity contribution in [1.82, 2.24) is 0 Å². The molecule has 0 N–H and O–H groups in total. The van der Waals surface area contributed by atoms with Crippen molar-refractivity contribution in [2.75, 3.05) is 13.2 Å². The minimum Gasteiger partial charge on any atom is -0.346 e. The average Bonchev–Trinajstić information content (AvgIpc) is 2.59. The van der Waals surface area contributed by atoms with E-state index in [2.05, 4.69) is 50.2 Å². The average molecular weight is 298 g/mol. The van der Waals surface area contributed by atoms with E-state index in [1.165, 1.54) is 5.56 Å². The van der Waals surface area contributed by atoms with E-state index in [9.17, 15) is 0 Å². The van der Waals surface area contributed by atoms with E-state index >= 15 is 0 Å². The van der Waals surface area contributed by atoms with Gasteiger partial charge in [-0.1, -0.05) is 74.5 Å². The molecule has 0 atom stereocenters. The molecule has 0 saturated carbocycles. The number of hydrogen-bond acceptors (Lipinski definition) is 2. The Bertz CT molecular complexity index is 514. The molecule has 2 aromatic carbocycles. The van der Waals surface area contributed by atoms with E-state index < -0.39 is 5.79 Å². The van der Waals surface area contributed by atoms with Crippen LogP contribution < -0.4 is 0 Å². The van der Waals surface area contributed by atoms with Gasteiger partial charge in [-0.15, -0.1) is 0 Å². The van der Waals surface area contributed by atoms with Crippen molar-refractivity contribution in [3.8, 4) is 0 Å². The molecule has 2 aromatic rings. The molecule has 0 saturated heterocycles. The molecule has 22 heavy (non-hydrogen) atoms. The van der Waals surface area contributed by atoms with Crippen LogP contribution in [0.5, 0.6) is 0 Å². The lowest BCUT2D eigenvalue weighted by Gasteiger charge is -2.34. The summed E-state index contributed by atoms with van der Waals surface area (Å²) in [5, 5.41) is 0. The molecular weight excluding hydrogens is 272 g/mol.